The van der Waals surface area contributed by atoms with E-state index in [9.17, 15) is 9.59 Å². The van der Waals surface area contributed by atoms with Crippen molar-refractivity contribution < 1.29 is 14.3 Å². The highest BCUT2D eigenvalue weighted by molar-refractivity contribution is 7.99. The van der Waals surface area contributed by atoms with E-state index in [4.69, 9.17) is 10.6 Å². The summed E-state index contributed by atoms with van der Waals surface area (Å²) in [5.74, 6) is 5.12. The third-order valence-corrected chi connectivity index (χ3v) is 3.67. The predicted octanol–water partition coefficient (Wildman–Crippen LogP) is 1.29. The van der Waals surface area contributed by atoms with Gasteiger partial charge >= 0.3 is 5.97 Å². The third-order valence-electron chi connectivity index (χ3n) is 2.71. The smallest absolute Gasteiger partial charge is 0.338 e. The summed E-state index contributed by atoms with van der Waals surface area (Å²) in [6.45, 7) is 2.32. The Labute approximate surface area is 137 Å². The molecular weight excluding hydrogens is 318 g/mol. The summed E-state index contributed by atoms with van der Waals surface area (Å²) in [7, 11) is 0. The molecule has 0 spiro atoms. The second kappa shape index (κ2) is 8.18. The molecule has 1 amide bonds. The Morgan fingerprint density at radius 2 is 2.09 bits per heavy atom. The Bertz CT molecular complexity index is 671. The Morgan fingerprint density at radius 3 is 2.70 bits per heavy atom. The molecule has 1 heterocycles. The van der Waals surface area contributed by atoms with Crippen molar-refractivity contribution >= 4 is 29.3 Å². The molecule has 1 aromatic heterocycles. The van der Waals surface area contributed by atoms with Crippen LogP contribution >= 0.6 is 11.8 Å². The largest absolute Gasteiger partial charge is 0.462 e. The van der Waals surface area contributed by atoms with Crippen molar-refractivity contribution in [3.8, 4) is 0 Å². The fourth-order valence-corrected chi connectivity index (χ4v) is 2.26. The number of nitrogen functional groups attached to an aromatic ring is 1. The number of anilines is 1. The van der Waals surface area contributed by atoms with Crippen molar-refractivity contribution in [2.24, 2.45) is 0 Å². The topological polar surface area (TPSA) is 112 Å². The van der Waals surface area contributed by atoms with Crippen LogP contribution in [0, 0.1) is 0 Å². The predicted molar refractivity (Wildman–Crippen MR) is 86.5 cm³/mol. The minimum absolute atomic E-state index is 0.149. The molecule has 0 aliphatic rings. The fraction of sp³-hybridized carbons (Fsp3) is 0.286. The van der Waals surface area contributed by atoms with Gasteiger partial charge in [-0.2, -0.15) is 0 Å². The first-order valence-electron chi connectivity index (χ1n) is 6.95. The number of esters is 1. The SMILES string of the molecule is CCCOC(=O)c1ccc(NC(=O)CSc2nncn2N)cc1. The van der Waals surface area contributed by atoms with Crippen LogP contribution < -0.4 is 11.2 Å². The monoisotopic (exact) mass is 335 g/mol. The van der Waals surface area contributed by atoms with E-state index in [0.29, 0.717) is 23.0 Å². The van der Waals surface area contributed by atoms with Crippen molar-refractivity contribution in [1.29, 1.82) is 0 Å². The van der Waals surface area contributed by atoms with Gasteiger partial charge in [0.1, 0.15) is 6.33 Å². The molecule has 2 aromatic rings. The molecular formula is C14H17N5O3S. The number of aromatic nitrogens is 3. The molecule has 0 radical (unpaired) electrons. The van der Waals surface area contributed by atoms with Gasteiger partial charge in [-0.15, -0.1) is 10.2 Å². The quantitative estimate of drug-likeness (QED) is 0.445. The zero-order valence-corrected chi connectivity index (χ0v) is 13.4. The van der Waals surface area contributed by atoms with Gasteiger partial charge in [0.05, 0.1) is 17.9 Å². The molecule has 0 unspecified atom stereocenters. The van der Waals surface area contributed by atoms with Gasteiger partial charge in [-0.1, -0.05) is 18.7 Å². The highest BCUT2D eigenvalue weighted by Crippen LogP contribution is 2.14. The average molecular weight is 335 g/mol. The maximum absolute atomic E-state index is 11.9. The standard InChI is InChI=1S/C14H17N5O3S/c1-2-7-22-13(21)10-3-5-11(6-4-10)17-12(20)8-23-14-18-16-9-19(14)15/h3-6,9H,2,7-8,15H2,1H3,(H,17,20). The van der Waals surface area contributed by atoms with E-state index in [0.717, 1.165) is 6.42 Å². The number of thioether (sulfide) groups is 1. The van der Waals surface area contributed by atoms with E-state index < -0.39 is 0 Å². The molecule has 0 fully saturated rings. The van der Waals surface area contributed by atoms with Crippen LogP contribution in [0.15, 0.2) is 35.7 Å². The van der Waals surface area contributed by atoms with Crippen molar-refractivity contribution in [1.82, 2.24) is 14.9 Å². The van der Waals surface area contributed by atoms with Gasteiger partial charge in [0.25, 0.3) is 0 Å². The maximum Gasteiger partial charge on any atom is 0.338 e. The number of amides is 1. The molecule has 3 N–H and O–H groups in total. The number of ether oxygens (including phenoxy) is 1. The number of nitrogens with one attached hydrogen (secondary N) is 1. The lowest BCUT2D eigenvalue weighted by Gasteiger charge is -2.06. The third kappa shape index (κ3) is 4.99. The molecule has 1 aromatic carbocycles. The lowest BCUT2D eigenvalue weighted by atomic mass is 10.2. The first-order valence-corrected chi connectivity index (χ1v) is 7.93. The molecule has 0 saturated carbocycles. The summed E-state index contributed by atoms with van der Waals surface area (Å²) in [4.78, 5) is 23.5. The van der Waals surface area contributed by atoms with Crippen molar-refractivity contribution in [3.05, 3.63) is 36.2 Å². The van der Waals surface area contributed by atoms with Crippen LogP contribution in [0.3, 0.4) is 0 Å². The molecule has 23 heavy (non-hydrogen) atoms. The Hall–Kier alpha value is -2.55. The normalized spacial score (nSPS) is 10.3. The number of nitrogens with two attached hydrogens (primary N) is 1. The molecule has 122 valence electrons. The van der Waals surface area contributed by atoms with Crippen molar-refractivity contribution in [3.63, 3.8) is 0 Å². The first-order chi connectivity index (χ1) is 11.1. The van der Waals surface area contributed by atoms with E-state index in [1.54, 1.807) is 24.3 Å². The summed E-state index contributed by atoms with van der Waals surface area (Å²) in [5, 5.41) is 10.6. The zero-order chi connectivity index (χ0) is 16.7. The number of benzene rings is 1. The van der Waals surface area contributed by atoms with E-state index in [1.807, 2.05) is 6.92 Å². The minimum Gasteiger partial charge on any atom is -0.462 e. The van der Waals surface area contributed by atoms with Gasteiger partial charge < -0.3 is 15.9 Å². The zero-order valence-electron chi connectivity index (χ0n) is 12.6. The number of carbonyl (C=O) groups is 2. The highest BCUT2D eigenvalue weighted by Gasteiger charge is 2.09. The maximum atomic E-state index is 11.9. The van der Waals surface area contributed by atoms with Crippen molar-refractivity contribution in [2.45, 2.75) is 18.5 Å². The summed E-state index contributed by atoms with van der Waals surface area (Å²) >= 11 is 1.18. The Morgan fingerprint density at radius 1 is 1.35 bits per heavy atom. The van der Waals surface area contributed by atoms with Gasteiger partial charge in [-0.25, -0.2) is 9.47 Å². The fourth-order valence-electron chi connectivity index (χ4n) is 1.63. The number of hydrogen-bond donors (Lipinski definition) is 2. The summed E-state index contributed by atoms with van der Waals surface area (Å²) < 4.78 is 6.28. The molecule has 0 saturated heterocycles. The van der Waals surface area contributed by atoms with E-state index in [1.165, 1.54) is 22.8 Å². The van der Waals surface area contributed by atoms with Crippen LogP contribution in [0.4, 0.5) is 5.69 Å². The molecule has 0 aliphatic heterocycles. The van der Waals surface area contributed by atoms with Crippen LogP contribution in [-0.4, -0.2) is 39.1 Å². The summed E-state index contributed by atoms with van der Waals surface area (Å²) in [6, 6.07) is 6.52. The number of nitrogens with zero attached hydrogens (tertiary/aromatic N) is 3. The molecule has 0 aliphatic carbocycles. The molecule has 9 heteroatoms. The average Bonchev–Trinajstić information content (AvgIpc) is 2.96. The van der Waals surface area contributed by atoms with Crippen LogP contribution in [0.1, 0.15) is 23.7 Å². The Kier molecular flexibility index (Phi) is 5.98. The molecule has 0 atom stereocenters. The van der Waals surface area contributed by atoms with E-state index >= 15 is 0 Å². The number of carbonyl (C=O) groups excluding carboxylic acids is 2. The minimum atomic E-state index is -0.373. The number of hydrogen-bond acceptors (Lipinski definition) is 7. The van der Waals surface area contributed by atoms with E-state index in [-0.39, 0.29) is 17.6 Å². The Balaban J connectivity index is 1.84. The first kappa shape index (κ1) is 16.8. The highest BCUT2D eigenvalue weighted by atomic mass is 32.2. The lowest BCUT2D eigenvalue weighted by Crippen LogP contribution is -2.16. The van der Waals surface area contributed by atoms with Gasteiger partial charge in [-0.3, -0.25) is 4.79 Å². The second-order valence-electron chi connectivity index (χ2n) is 4.57. The number of rotatable bonds is 7. The van der Waals surface area contributed by atoms with Gasteiger partial charge in [0.15, 0.2) is 0 Å². The van der Waals surface area contributed by atoms with Gasteiger partial charge in [0, 0.05) is 5.69 Å². The summed E-state index contributed by atoms with van der Waals surface area (Å²) in [6.07, 6.45) is 2.13. The summed E-state index contributed by atoms with van der Waals surface area (Å²) in [5.41, 5.74) is 1.04. The van der Waals surface area contributed by atoms with Gasteiger partial charge in [0.2, 0.25) is 11.1 Å². The van der Waals surface area contributed by atoms with Crippen LogP contribution in [0.2, 0.25) is 0 Å². The van der Waals surface area contributed by atoms with Crippen molar-refractivity contribution in [2.75, 3.05) is 23.5 Å². The lowest BCUT2D eigenvalue weighted by molar-refractivity contribution is -0.113. The molecule has 8 nitrogen and oxygen atoms in total. The van der Waals surface area contributed by atoms with E-state index in [2.05, 4.69) is 15.5 Å². The van der Waals surface area contributed by atoms with Crippen LogP contribution in [0.25, 0.3) is 0 Å². The molecule has 2 rings (SSSR count). The second-order valence-corrected chi connectivity index (χ2v) is 5.51. The van der Waals surface area contributed by atoms with Crippen LogP contribution in [-0.2, 0) is 9.53 Å². The van der Waals surface area contributed by atoms with Gasteiger partial charge in [-0.05, 0) is 30.7 Å². The molecule has 0 bridgehead atoms. The van der Waals surface area contributed by atoms with Crippen LogP contribution in [0.5, 0.6) is 0 Å².